The van der Waals surface area contributed by atoms with Gasteiger partial charge in [0, 0.05) is 46.3 Å². The first kappa shape index (κ1) is 16.4. The number of anilines is 2. The van der Waals surface area contributed by atoms with Crippen LogP contribution in [0.1, 0.15) is 12.0 Å². The summed E-state index contributed by atoms with van der Waals surface area (Å²) in [5.41, 5.74) is 10.5. The van der Waals surface area contributed by atoms with Crippen molar-refractivity contribution in [2.45, 2.75) is 18.5 Å². The number of nitrogens with zero attached hydrogens (tertiary/aromatic N) is 3. The number of likely N-dealkylation sites (N-methyl/N-ethyl adjacent to an activating group) is 1. The Balaban J connectivity index is 1.57. The first-order chi connectivity index (χ1) is 12.2. The van der Waals surface area contributed by atoms with Crippen LogP contribution < -0.4 is 15.5 Å². The summed E-state index contributed by atoms with van der Waals surface area (Å²) in [6, 6.07) is 19.5. The Kier molecular flexibility index (Phi) is 4.40. The van der Waals surface area contributed by atoms with Gasteiger partial charge in [0.25, 0.3) is 0 Å². The smallest absolute Gasteiger partial charge is 0.0664 e. The van der Waals surface area contributed by atoms with Gasteiger partial charge < -0.3 is 15.5 Å². The van der Waals surface area contributed by atoms with Gasteiger partial charge in [-0.05, 0) is 24.1 Å². The molecule has 0 aliphatic carbocycles. The average Bonchev–Trinajstić information content (AvgIpc) is 3.07. The normalized spacial score (nSPS) is 23.8. The molecule has 2 N–H and O–H groups in total. The van der Waals surface area contributed by atoms with E-state index in [1.54, 1.807) is 0 Å². The summed E-state index contributed by atoms with van der Waals surface area (Å²) in [6.45, 7) is 5.96. The molecule has 4 nitrogen and oxygen atoms in total. The molecule has 1 unspecified atom stereocenters. The Morgan fingerprint density at radius 1 is 0.920 bits per heavy atom. The Labute approximate surface area is 150 Å². The Bertz CT molecular complexity index is 717. The molecule has 132 valence electrons. The number of hydrogen-bond acceptors (Lipinski definition) is 4. The lowest BCUT2D eigenvalue weighted by molar-refractivity contribution is 0.297. The summed E-state index contributed by atoms with van der Waals surface area (Å²) < 4.78 is 0. The van der Waals surface area contributed by atoms with Crippen LogP contribution in [0, 0.1) is 0 Å². The van der Waals surface area contributed by atoms with Gasteiger partial charge in [-0.2, -0.15) is 0 Å². The highest BCUT2D eigenvalue weighted by Crippen LogP contribution is 2.39. The zero-order chi connectivity index (χ0) is 17.3. The van der Waals surface area contributed by atoms with Crippen molar-refractivity contribution in [3.63, 3.8) is 0 Å². The molecule has 0 saturated carbocycles. The zero-order valence-corrected chi connectivity index (χ0v) is 15.1. The molecule has 0 radical (unpaired) electrons. The molecule has 2 aromatic carbocycles. The molecule has 25 heavy (non-hydrogen) atoms. The number of rotatable bonds is 4. The van der Waals surface area contributed by atoms with E-state index in [9.17, 15) is 0 Å². The second-order valence-corrected chi connectivity index (χ2v) is 7.44. The third-order valence-corrected chi connectivity index (χ3v) is 5.86. The fourth-order valence-electron chi connectivity index (χ4n) is 4.41. The van der Waals surface area contributed by atoms with Gasteiger partial charge in [-0.1, -0.05) is 42.5 Å². The number of fused-ring (bicyclic) bond motifs is 1. The van der Waals surface area contributed by atoms with Gasteiger partial charge in [-0.15, -0.1) is 0 Å². The number of para-hydroxylation sites is 2. The van der Waals surface area contributed by atoms with E-state index in [-0.39, 0.29) is 5.54 Å². The minimum atomic E-state index is 0.0478. The maximum absolute atomic E-state index is 6.37. The number of hydrogen-bond donors (Lipinski definition) is 1. The molecule has 2 aliphatic heterocycles. The van der Waals surface area contributed by atoms with Crippen LogP contribution in [-0.2, 0) is 6.54 Å². The predicted molar refractivity (Wildman–Crippen MR) is 105 cm³/mol. The molecule has 0 spiro atoms. The summed E-state index contributed by atoms with van der Waals surface area (Å²) in [7, 11) is 2.18. The molecule has 1 atom stereocenters. The van der Waals surface area contributed by atoms with E-state index in [1.807, 2.05) is 0 Å². The molecule has 4 heteroatoms. The summed E-state index contributed by atoms with van der Waals surface area (Å²) >= 11 is 0. The maximum Gasteiger partial charge on any atom is 0.0664 e. The molecule has 0 aromatic heterocycles. The molecular formula is C21H28N4. The van der Waals surface area contributed by atoms with Crippen LogP contribution in [0.15, 0.2) is 54.6 Å². The predicted octanol–water partition coefficient (Wildman–Crippen LogP) is 2.55. The topological polar surface area (TPSA) is 35.7 Å². The van der Waals surface area contributed by atoms with E-state index in [0.717, 1.165) is 39.1 Å². The van der Waals surface area contributed by atoms with Gasteiger partial charge in [-0.3, -0.25) is 4.90 Å². The van der Waals surface area contributed by atoms with Crippen molar-refractivity contribution in [1.29, 1.82) is 0 Å². The van der Waals surface area contributed by atoms with Crippen LogP contribution in [0.3, 0.4) is 0 Å². The SMILES string of the molecule is CN1CCN(C2(CN)CCN(Cc3ccccc3)C2)c2ccccc21. The van der Waals surface area contributed by atoms with Crippen molar-refractivity contribution in [1.82, 2.24) is 4.90 Å². The van der Waals surface area contributed by atoms with Crippen molar-refractivity contribution < 1.29 is 0 Å². The van der Waals surface area contributed by atoms with E-state index in [2.05, 4.69) is 76.3 Å². The standard InChI is InChI=1S/C21H28N4/c1-23-13-14-25(20-10-6-5-9-19(20)23)21(16-22)11-12-24(17-21)15-18-7-3-2-4-8-18/h2-10H,11-17,22H2,1H3. The largest absolute Gasteiger partial charge is 0.371 e. The monoisotopic (exact) mass is 336 g/mol. The number of benzene rings is 2. The lowest BCUT2D eigenvalue weighted by atomic mass is 9.93. The fourth-order valence-corrected chi connectivity index (χ4v) is 4.41. The first-order valence-corrected chi connectivity index (χ1v) is 9.26. The lowest BCUT2D eigenvalue weighted by Gasteiger charge is -2.47. The van der Waals surface area contributed by atoms with E-state index in [0.29, 0.717) is 6.54 Å². The molecule has 0 amide bonds. The van der Waals surface area contributed by atoms with E-state index in [4.69, 9.17) is 5.73 Å². The molecular weight excluding hydrogens is 308 g/mol. The van der Waals surface area contributed by atoms with Crippen LogP contribution in [-0.4, -0.2) is 50.2 Å². The number of nitrogens with two attached hydrogens (primary N) is 1. The summed E-state index contributed by atoms with van der Waals surface area (Å²) in [6.07, 6.45) is 1.13. The summed E-state index contributed by atoms with van der Waals surface area (Å²) in [4.78, 5) is 7.50. The van der Waals surface area contributed by atoms with E-state index < -0.39 is 0 Å². The summed E-state index contributed by atoms with van der Waals surface area (Å²) in [5.74, 6) is 0. The quantitative estimate of drug-likeness (QED) is 0.931. The summed E-state index contributed by atoms with van der Waals surface area (Å²) in [5, 5.41) is 0. The highest BCUT2D eigenvalue weighted by molar-refractivity contribution is 5.74. The Morgan fingerprint density at radius 3 is 2.40 bits per heavy atom. The van der Waals surface area contributed by atoms with Crippen molar-refractivity contribution in [3.05, 3.63) is 60.2 Å². The van der Waals surface area contributed by atoms with Gasteiger partial charge in [0.15, 0.2) is 0 Å². The van der Waals surface area contributed by atoms with Gasteiger partial charge in [0.2, 0.25) is 0 Å². The average molecular weight is 336 g/mol. The van der Waals surface area contributed by atoms with E-state index >= 15 is 0 Å². The third-order valence-electron chi connectivity index (χ3n) is 5.86. The molecule has 0 bridgehead atoms. The van der Waals surface area contributed by atoms with Crippen molar-refractivity contribution in [2.24, 2.45) is 5.73 Å². The molecule has 2 heterocycles. The lowest BCUT2D eigenvalue weighted by Crippen LogP contribution is -2.59. The third kappa shape index (κ3) is 3.00. The fraction of sp³-hybridized carbons (Fsp3) is 0.429. The van der Waals surface area contributed by atoms with Crippen molar-refractivity contribution in [3.8, 4) is 0 Å². The minimum absolute atomic E-state index is 0.0478. The minimum Gasteiger partial charge on any atom is -0.371 e. The van der Waals surface area contributed by atoms with Crippen LogP contribution in [0.4, 0.5) is 11.4 Å². The molecule has 1 saturated heterocycles. The molecule has 1 fully saturated rings. The van der Waals surface area contributed by atoms with Crippen LogP contribution in [0.5, 0.6) is 0 Å². The van der Waals surface area contributed by atoms with Crippen LogP contribution in [0.25, 0.3) is 0 Å². The van der Waals surface area contributed by atoms with Gasteiger partial charge in [-0.25, -0.2) is 0 Å². The highest BCUT2D eigenvalue weighted by atomic mass is 15.3. The number of likely N-dealkylation sites (tertiary alicyclic amines) is 1. The van der Waals surface area contributed by atoms with Crippen LogP contribution in [0.2, 0.25) is 0 Å². The van der Waals surface area contributed by atoms with E-state index in [1.165, 1.54) is 16.9 Å². The van der Waals surface area contributed by atoms with Gasteiger partial charge in [0.1, 0.15) is 0 Å². The molecule has 2 aromatic rings. The van der Waals surface area contributed by atoms with Gasteiger partial charge in [0.05, 0.1) is 16.9 Å². The van der Waals surface area contributed by atoms with Crippen LogP contribution >= 0.6 is 0 Å². The second kappa shape index (κ2) is 6.70. The first-order valence-electron chi connectivity index (χ1n) is 9.26. The van der Waals surface area contributed by atoms with Crippen molar-refractivity contribution in [2.75, 3.05) is 49.6 Å². The van der Waals surface area contributed by atoms with Crippen molar-refractivity contribution >= 4 is 11.4 Å². The maximum atomic E-state index is 6.37. The Hall–Kier alpha value is -2.04. The Morgan fingerprint density at radius 2 is 1.64 bits per heavy atom. The highest BCUT2D eigenvalue weighted by Gasteiger charge is 2.43. The molecule has 2 aliphatic rings. The zero-order valence-electron chi connectivity index (χ0n) is 15.1. The second-order valence-electron chi connectivity index (χ2n) is 7.44. The molecule has 4 rings (SSSR count). The van der Waals surface area contributed by atoms with Gasteiger partial charge >= 0.3 is 0 Å².